The van der Waals surface area contributed by atoms with E-state index in [9.17, 15) is 0 Å². The Morgan fingerprint density at radius 3 is 2.70 bits per heavy atom. The first kappa shape index (κ1) is 17.9. The molecule has 1 aliphatic carbocycles. The highest BCUT2D eigenvalue weighted by atomic mass is 16.5. The predicted octanol–water partition coefficient (Wildman–Crippen LogP) is 3.15. The third-order valence-corrected chi connectivity index (χ3v) is 4.37. The molecule has 0 aliphatic heterocycles. The number of likely N-dealkylation sites (N-methyl/N-ethyl adjacent to an activating group) is 1. The molecule has 3 heteroatoms. The SMILES string of the molecule is CCCNC1CCC(C)CC1CN(C)CCOC(C)C. The molecule has 3 atom stereocenters. The quantitative estimate of drug-likeness (QED) is 0.704. The van der Waals surface area contributed by atoms with Gasteiger partial charge in [0.1, 0.15) is 0 Å². The first-order valence-corrected chi connectivity index (χ1v) is 8.56. The van der Waals surface area contributed by atoms with Crippen molar-refractivity contribution < 1.29 is 4.74 Å². The lowest BCUT2D eigenvalue weighted by Gasteiger charge is -2.37. The zero-order chi connectivity index (χ0) is 15.0. The Bertz CT molecular complexity index is 243. The molecule has 1 rings (SSSR count). The molecule has 3 unspecified atom stereocenters. The van der Waals surface area contributed by atoms with Gasteiger partial charge in [-0.1, -0.05) is 13.8 Å². The summed E-state index contributed by atoms with van der Waals surface area (Å²) in [6.45, 7) is 13.1. The number of hydrogen-bond donors (Lipinski definition) is 1. The van der Waals surface area contributed by atoms with Crippen LogP contribution in [0.1, 0.15) is 53.4 Å². The van der Waals surface area contributed by atoms with Crippen LogP contribution in [0.4, 0.5) is 0 Å². The van der Waals surface area contributed by atoms with Gasteiger partial charge in [0, 0.05) is 19.1 Å². The molecule has 1 aliphatic rings. The zero-order valence-corrected chi connectivity index (χ0v) is 14.3. The summed E-state index contributed by atoms with van der Waals surface area (Å²) in [5.41, 5.74) is 0. The molecular weight excluding hydrogens is 248 g/mol. The Balaban J connectivity index is 2.35. The normalized spacial score (nSPS) is 27.4. The van der Waals surface area contributed by atoms with E-state index in [1.165, 1.54) is 32.2 Å². The second-order valence-electron chi connectivity index (χ2n) is 6.92. The van der Waals surface area contributed by atoms with Crippen molar-refractivity contribution in [3.63, 3.8) is 0 Å². The lowest BCUT2D eigenvalue weighted by atomic mass is 9.78. The van der Waals surface area contributed by atoms with E-state index in [0.717, 1.165) is 37.6 Å². The third kappa shape index (κ3) is 7.05. The fourth-order valence-electron chi connectivity index (χ4n) is 3.23. The maximum atomic E-state index is 5.66. The van der Waals surface area contributed by atoms with Crippen molar-refractivity contribution in [2.24, 2.45) is 11.8 Å². The minimum absolute atomic E-state index is 0.345. The standard InChI is InChI=1S/C17H36N2O/c1-6-9-18-17-8-7-15(4)12-16(17)13-19(5)10-11-20-14(2)3/h14-18H,6-13H2,1-5H3. The maximum absolute atomic E-state index is 5.66. The van der Waals surface area contributed by atoms with Gasteiger partial charge in [-0.2, -0.15) is 0 Å². The molecule has 1 fully saturated rings. The van der Waals surface area contributed by atoms with E-state index in [1.807, 2.05) is 0 Å². The number of rotatable bonds is 9. The summed E-state index contributed by atoms with van der Waals surface area (Å²) in [6.07, 6.45) is 5.69. The Morgan fingerprint density at radius 1 is 1.30 bits per heavy atom. The van der Waals surface area contributed by atoms with E-state index in [1.54, 1.807) is 0 Å². The van der Waals surface area contributed by atoms with Gasteiger partial charge in [0.2, 0.25) is 0 Å². The fraction of sp³-hybridized carbons (Fsp3) is 1.00. The van der Waals surface area contributed by atoms with Crippen LogP contribution >= 0.6 is 0 Å². The van der Waals surface area contributed by atoms with E-state index in [2.05, 4.69) is 45.0 Å². The van der Waals surface area contributed by atoms with Crippen LogP contribution in [-0.4, -0.2) is 50.3 Å². The molecule has 0 radical (unpaired) electrons. The fourth-order valence-corrected chi connectivity index (χ4v) is 3.23. The van der Waals surface area contributed by atoms with Crippen LogP contribution in [0, 0.1) is 11.8 Å². The van der Waals surface area contributed by atoms with Crippen LogP contribution in [0.3, 0.4) is 0 Å². The van der Waals surface area contributed by atoms with E-state index in [0.29, 0.717) is 6.10 Å². The van der Waals surface area contributed by atoms with Crippen molar-refractivity contribution in [2.75, 3.05) is 33.3 Å². The smallest absolute Gasteiger partial charge is 0.0596 e. The van der Waals surface area contributed by atoms with Crippen molar-refractivity contribution >= 4 is 0 Å². The molecule has 3 nitrogen and oxygen atoms in total. The van der Waals surface area contributed by atoms with Gasteiger partial charge in [-0.05, 0) is 65.0 Å². The minimum Gasteiger partial charge on any atom is -0.377 e. The summed E-state index contributed by atoms with van der Waals surface area (Å²) in [5, 5.41) is 3.76. The summed E-state index contributed by atoms with van der Waals surface area (Å²) in [7, 11) is 2.24. The number of ether oxygens (including phenoxy) is 1. The van der Waals surface area contributed by atoms with Crippen molar-refractivity contribution in [3.8, 4) is 0 Å². The summed E-state index contributed by atoms with van der Waals surface area (Å²) >= 11 is 0. The average Bonchev–Trinajstić information content (AvgIpc) is 2.37. The maximum Gasteiger partial charge on any atom is 0.0596 e. The van der Waals surface area contributed by atoms with Crippen molar-refractivity contribution in [1.82, 2.24) is 10.2 Å². The lowest BCUT2D eigenvalue weighted by Crippen LogP contribution is -2.45. The molecule has 0 heterocycles. The molecular formula is C17H36N2O. The first-order valence-electron chi connectivity index (χ1n) is 8.56. The van der Waals surface area contributed by atoms with Crippen LogP contribution in [0.5, 0.6) is 0 Å². The molecule has 0 spiro atoms. The lowest BCUT2D eigenvalue weighted by molar-refractivity contribution is 0.0566. The second-order valence-corrected chi connectivity index (χ2v) is 6.92. The summed E-state index contributed by atoms with van der Waals surface area (Å²) in [5.74, 6) is 1.69. The molecule has 120 valence electrons. The molecule has 0 bridgehead atoms. The number of nitrogens with one attached hydrogen (secondary N) is 1. The Hall–Kier alpha value is -0.120. The molecule has 0 aromatic carbocycles. The van der Waals surface area contributed by atoms with Crippen LogP contribution < -0.4 is 5.32 Å². The predicted molar refractivity (Wildman–Crippen MR) is 87.2 cm³/mol. The minimum atomic E-state index is 0.345. The number of hydrogen-bond acceptors (Lipinski definition) is 3. The van der Waals surface area contributed by atoms with Crippen molar-refractivity contribution in [3.05, 3.63) is 0 Å². The highest BCUT2D eigenvalue weighted by molar-refractivity contribution is 4.85. The highest BCUT2D eigenvalue weighted by Gasteiger charge is 2.28. The molecule has 0 amide bonds. The zero-order valence-electron chi connectivity index (χ0n) is 14.3. The number of nitrogens with zero attached hydrogens (tertiary/aromatic N) is 1. The van der Waals surface area contributed by atoms with E-state index in [-0.39, 0.29) is 0 Å². The van der Waals surface area contributed by atoms with Gasteiger partial charge in [0.25, 0.3) is 0 Å². The Kier molecular flexibility index (Phi) is 8.74. The van der Waals surface area contributed by atoms with Crippen molar-refractivity contribution in [1.29, 1.82) is 0 Å². The third-order valence-electron chi connectivity index (χ3n) is 4.37. The van der Waals surface area contributed by atoms with Crippen LogP contribution in [0.15, 0.2) is 0 Å². The van der Waals surface area contributed by atoms with Gasteiger partial charge in [0.05, 0.1) is 12.7 Å². The van der Waals surface area contributed by atoms with Gasteiger partial charge in [-0.3, -0.25) is 0 Å². The molecule has 0 saturated heterocycles. The first-order chi connectivity index (χ1) is 9.52. The van der Waals surface area contributed by atoms with Crippen LogP contribution in [0.25, 0.3) is 0 Å². The largest absolute Gasteiger partial charge is 0.377 e. The summed E-state index contributed by atoms with van der Waals surface area (Å²) in [4.78, 5) is 2.45. The van der Waals surface area contributed by atoms with Gasteiger partial charge in [-0.25, -0.2) is 0 Å². The molecule has 0 aromatic heterocycles. The summed E-state index contributed by atoms with van der Waals surface area (Å²) < 4.78 is 5.66. The molecule has 0 aromatic rings. The molecule has 1 N–H and O–H groups in total. The van der Waals surface area contributed by atoms with Crippen LogP contribution in [-0.2, 0) is 4.74 Å². The van der Waals surface area contributed by atoms with E-state index < -0.39 is 0 Å². The van der Waals surface area contributed by atoms with Gasteiger partial charge < -0.3 is 15.0 Å². The van der Waals surface area contributed by atoms with E-state index >= 15 is 0 Å². The van der Waals surface area contributed by atoms with Crippen LogP contribution in [0.2, 0.25) is 0 Å². The van der Waals surface area contributed by atoms with E-state index in [4.69, 9.17) is 4.74 Å². The summed E-state index contributed by atoms with van der Waals surface area (Å²) in [6, 6.07) is 0.722. The molecule has 1 saturated carbocycles. The Morgan fingerprint density at radius 2 is 2.05 bits per heavy atom. The monoisotopic (exact) mass is 284 g/mol. The topological polar surface area (TPSA) is 24.5 Å². The molecule has 20 heavy (non-hydrogen) atoms. The van der Waals surface area contributed by atoms with Gasteiger partial charge in [0.15, 0.2) is 0 Å². The van der Waals surface area contributed by atoms with Gasteiger partial charge >= 0.3 is 0 Å². The second kappa shape index (κ2) is 9.75. The van der Waals surface area contributed by atoms with Crippen molar-refractivity contribution in [2.45, 2.75) is 65.5 Å². The van der Waals surface area contributed by atoms with Gasteiger partial charge in [-0.15, -0.1) is 0 Å². The average molecular weight is 284 g/mol. The Labute approximate surface area is 126 Å². The highest BCUT2D eigenvalue weighted by Crippen LogP contribution is 2.29.